The van der Waals surface area contributed by atoms with Gasteiger partial charge in [0.2, 0.25) is 0 Å². The summed E-state index contributed by atoms with van der Waals surface area (Å²) >= 11 is 0. The first-order chi connectivity index (χ1) is 17.1. The number of nitrogens with one attached hydrogen (secondary N) is 2. The van der Waals surface area contributed by atoms with Crippen LogP contribution in [0.1, 0.15) is 64.3 Å². The topological polar surface area (TPSA) is 81.8 Å². The number of carbonyl (C=O) groups is 3. The van der Waals surface area contributed by atoms with Gasteiger partial charge < -0.3 is 10.6 Å². The number of carbonyl (C=O) groups excluding carboxylic acids is 3. The van der Waals surface area contributed by atoms with Crippen molar-refractivity contribution in [1.29, 1.82) is 0 Å². The molecule has 0 unspecified atom stereocenters. The van der Waals surface area contributed by atoms with E-state index in [1.807, 2.05) is 27.7 Å². The van der Waals surface area contributed by atoms with Crippen molar-refractivity contribution in [2.24, 2.45) is 0 Å². The molecular formula is C29H38N4O3. The predicted octanol–water partition coefficient (Wildman–Crippen LogP) is 2.65. The Balaban J connectivity index is 1.44. The molecule has 2 aliphatic rings. The number of piperazine rings is 2. The van der Waals surface area contributed by atoms with Crippen molar-refractivity contribution in [1.82, 2.24) is 20.4 Å². The van der Waals surface area contributed by atoms with Crippen LogP contribution in [0.25, 0.3) is 0 Å². The van der Waals surface area contributed by atoms with E-state index < -0.39 is 11.1 Å². The molecule has 2 aromatic carbocycles. The van der Waals surface area contributed by atoms with Gasteiger partial charge in [0.15, 0.2) is 17.3 Å². The minimum atomic E-state index is -0.603. The van der Waals surface area contributed by atoms with Gasteiger partial charge in [0.1, 0.15) is 0 Å². The van der Waals surface area contributed by atoms with Gasteiger partial charge in [-0.1, -0.05) is 48.5 Å². The van der Waals surface area contributed by atoms with E-state index in [4.69, 9.17) is 0 Å². The monoisotopic (exact) mass is 490 g/mol. The molecule has 7 heteroatoms. The van der Waals surface area contributed by atoms with Gasteiger partial charge in [-0.15, -0.1) is 0 Å². The fourth-order valence-corrected chi connectivity index (χ4v) is 5.15. The zero-order valence-corrected chi connectivity index (χ0v) is 21.9. The second-order valence-electron chi connectivity index (χ2n) is 10.7. The van der Waals surface area contributed by atoms with Crippen LogP contribution < -0.4 is 10.6 Å². The van der Waals surface area contributed by atoms with Crippen LogP contribution in [0.15, 0.2) is 48.5 Å². The molecule has 0 spiro atoms. The summed E-state index contributed by atoms with van der Waals surface area (Å²) in [5.41, 5.74) is 1.04. The van der Waals surface area contributed by atoms with E-state index in [-0.39, 0.29) is 17.3 Å². The van der Waals surface area contributed by atoms with Crippen molar-refractivity contribution in [3.8, 4) is 0 Å². The maximum Gasteiger partial charge on any atom is 0.193 e. The summed E-state index contributed by atoms with van der Waals surface area (Å²) in [5.74, 6) is -0.0209. The summed E-state index contributed by atoms with van der Waals surface area (Å²) in [5, 5.41) is 6.64. The van der Waals surface area contributed by atoms with Crippen molar-refractivity contribution in [3.63, 3.8) is 0 Å². The third-order valence-corrected chi connectivity index (χ3v) is 7.75. The fourth-order valence-electron chi connectivity index (χ4n) is 5.15. The van der Waals surface area contributed by atoms with Crippen LogP contribution in [0.2, 0.25) is 0 Å². The van der Waals surface area contributed by atoms with Crippen LogP contribution in [0.4, 0.5) is 0 Å². The lowest BCUT2D eigenvalue weighted by Crippen LogP contribution is -2.57. The molecule has 2 saturated heterocycles. The first-order valence-electron chi connectivity index (χ1n) is 12.9. The molecule has 4 rings (SSSR count). The van der Waals surface area contributed by atoms with E-state index in [1.54, 1.807) is 48.5 Å². The highest BCUT2D eigenvalue weighted by Crippen LogP contribution is 2.24. The maximum absolute atomic E-state index is 13.2. The molecule has 2 fully saturated rings. The Morgan fingerprint density at radius 1 is 0.556 bits per heavy atom. The van der Waals surface area contributed by atoms with Crippen molar-refractivity contribution in [2.45, 2.75) is 38.8 Å². The van der Waals surface area contributed by atoms with Crippen molar-refractivity contribution < 1.29 is 14.4 Å². The second kappa shape index (κ2) is 10.7. The molecule has 0 aromatic heterocycles. The molecule has 36 heavy (non-hydrogen) atoms. The Bertz CT molecular complexity index is 1010. The summed E-state index contributed by atoms with van der Waals surface area (Å²) in [7, 11) is 0. The number of benzene rings is 2. The van der Waals surface area contributed by atoms with Crippen LogP contribution in [0.3, 0.4) is 0 Å². The van der Waals surface area contributed by atoms with E-state index in [9.17, 15) is 14.4 Å². The lowest BCUT2D eigenvalue weighted by atomic mass is 9.89. The standard InChI is InChI=1S/C29H38N4O3/c1-28(2,32-17-13-30-14-18-32)26(35)23-9-5-21(6-10-23)25(34)22-7-11-24(12-8-22)27(36)29(3,4)33-19-15-31-16-20-33/h5-12,30-31H,13-20H2,1-4H3. The highest BCUT2D eigenvalue weighted by atomic mass is 16.1. The number of rotatable bonds is 8. The minimum Gasteiger partial charge on any atom is -0.314 e. The number of nitrogens with zero attached hydrogens (tertiary/aromatic N) is 2. The average molecular weight is 491 g/mol. The minimum absolute atomic E-state index is 0.0540. The summed E-state index contributed by atoms with van der Waals surface area (Å²) in [4.78, 5) is 44.0. The molecule has 2 N–H and O–H groups in total. The van der Waals surface area contributed by atoms with Crippen LogP contribution in [0.5, 0.6) is 0 Å². The van der Waals surface area contributed by atoms with Gasteiger partial charge in [-0.25, -0.2) is 0 Å². The van der Waals surface area contributed by atoms with Crippen LogP contribution in [0, 0.1) is 0 Å². The molecule has 0 bridgehead atoms. The van der Waals surface area contributed by atoms with Crippen molar-refractivity contribution in [2.75, 3.05) is 52.4 Å². The van der Waals surface area contributed by atoms with E-state index >= 15 is 0 Å². The Morgan fingerprint density at radius 2 is 0.833 bits per heavy atom. The van der Waals surface area contributed by atoms with E-state index in [0.717, 1.165) is 52.4 Å². The van der Waals surface area contributed by atoms with E-state index in [1.165, 1.54) is 0 Å². The predicted molar refractivity (Wildman–Crippen MR) is 142 cm³/mol. The maximum atomic E-state index is 13.2. The molecular weight excluding hydrogens is 452 g/mol. The Labute approximate surface area is 214 Å². The van der Waals surface area contributed by atoms with Gasteiger partial charge in [0.05, 0.1) is 11.1 Å². The number of Topliss-reactive ketones (excluding diaryl/α,β-unsaturated/α-hetero) is 2. The molecule has 2 aliphatic heterocycles. The van der Waals surface area contributed by atoms with Crippen LogP contribution in [-0.2, 0) is 0 Å². The van der Waals surface area contributed by atoms with E-state index in [0.29, 0.717) is 22.3 Å². The number of hydrogen-bond acceptors (Lipinski definition) is 7. The Hall–Kier alpha value is -2.71. The van der Waals surface area contributed by atoms with E-state index in [2.05, 4.69) is 20.4 Å². The number of hydrogen-bond donors (Lipinski definition) is 2. The third-order valence-electron chi connectivity index (χ3n) is 7.75. The average Bonchev–Trinajstić information content (AvgIpc) is 2.93. The Morgan fingerprint density at radius 3 is 1.14 bits per heavy atom. The Kier molecular flexibility index (Phi) is 7.85. The highest BCUT2D eigenvalue weighted by molar-refractivity contribution is 6.11. The molecule has 0 radical (unpaired) electrons. The van der Waals surface area contributed by atoms with Crippen LogP contribution >= 0.6 is 0 Å². The quantitative estimate of drug-likeness (QED) is 0.551. The summed E-state index contributed by atoms with van der Waals surface area (Å²) < 4.78 is 0. The second-order valence-corrected chi connectivity index (χ2v) is 10.7. The summed E-state index contributed by atoms with van der Waals surface area (Å²) in [6, 6.07) is 13.8. The van der Waals surface area contributed by atoms with Gasteiger partial charge in [-0.05, 0) is 27.7 Å². The zero-order chi connectivity index (χ0) is 25.9. The summed E-state index contributed by atoms with van der Waals surface area (Å²) in [6.07, 6.45) is 0. The highest BCUT2D eigenvalue weighted by Gasteiger charge is 2.36. The number of ketones is 3. The van der Waals surface area contributed by atoms with Gasteiger partial charge in [0.25, 0.3) is 0 Å². The molecule has 0 atom stereocenters. The van der Waals surface area contributed by atoms with Gasteiger partial charge in [0, 0.05) is 74.6 Å². The zero-order valence-electron chi connectivity index (χ0n) is 21.9. The van der Waals surface area contributed by atoms with Crippen LogP contribution in [-0.4, -0.2) is 90.6 Å². The van der Waals surface area contributed by atoms with Crippen molar-refractivity contribution in [3.05, 3.63) is 70.8 Å². The molecule has 7 nitrogen and oxygen atoms in total. The lowest BCUT2D eigenvalue weighted by Gasteiger charge is -2.40. The lowest BCUT2D eigenvalue weighted by molar-refractivity contribution is 0.0599. The first-order valence-corrected chi connectivity index (χ1v) is 12.9. The van der Waals surface area contributed by atoms with Gasteiger partial charge in [-0.2, -0.15) is 0 Å². The van der Waals surface area contributed by atoms with Gasteiger partial charge >= 0.3 is 0 Å². The first kappa shape index (κ1) is 26.4. The molecule has 0 saturated carbocycles. The fraction of sp³-hybridized carbons (Fsp3) is 0.483. The molecule has 0 amide bonds. The van der Waals surface area contributed by atoms with Gasteiger partial charge in [-0.3, -0.25) is 24.2 Å². The smallest absolute Gasteiger partial charge is 0.193 e. The molecule has 0 aliphatic carbocycles. The normalized spacial score (nSPS) is 18.1. The third kappa shape index (κ3) is 5.34. The molecule has 2 heterocycles. The van der Waals surface area contributed by atoms with Crippen molar-refractivity contribution >= 4 is 17.3 Å². The molecule has 192 valence electrons. The summed E-state index contributed by atoms with van der Waals surface area (Å²) in [6.45, 7) is 14.7. The molecule has 2 aromatic rings. The SMILES string of the molecule is CC(C)(C(=O)c1ccc(C(=O)c2ccc(C(=O)C(C)(C)N3CCNCC3)cc2)cc1)N1CCNCC1. The largest absolute Gasteiger partial charge is 0.314 e.